The minimum absolute atomic E-state index is 0.116. The number of aliphatic hydroxyl groups excluding tert-OH is 1. The number of aryl methyl sites for hydroxylation is 2. The molecule has 2 nitrogen and oxygen atoms in total. The Bertz CT molecular complexity index is 333. The maximum absolute atomic E-state index is 8.47. The largest absolute Gasteiger partial charge is 0.384 e. The van der Waals surface area contributed by atoms with Gasteiger partial charge in [0.15, 0.2) is 0 Å². The lowest BCUT2D eigenvalue weighted by atomic mass is 10.2. The molecular weight excluding hydrogens is 150 g/mol. The molecule has 0 aliphatic rings. The Morgan fingerprint density at radius 2 is 2.25 bits per heavy atom. The summed E-state index contributed by atoms with van der Waals surface area (Å²) in [6, 6.07) is 2.02. The van der Waals surface area contributed by atoms with E-state index in [-0.39, 0.29) is 6.61 Å². The lowest BCUT2D eigenvalue weighted by molar-refractivity contribution is 0.350. The quantitative estimate of drug-likeness (QED) is 0.577. The second kappa shape index (κ2) is 3.89. The van der Waals surface area contributed by atoms with Crippen molar-refractivity contribution in [1.82, 2.24) is 4.98 Å². The van der Waals surface area contributed by atoms with Crippen LogP contribution in [0.5, 0.6) is 0 Å². The molecule has 1 aromatic heterocycles. The van der Waals surface area contributed by atoms with Crippen LogP contribution in [0.1, 0.15) is 16.8 Å². The first-order chi connectivity index (χ1) is 5.74. The molecule has 1 N–H and O–H groups in total. The van der Waals surface area contributed by atoms with Gasteiger partial charge in [-0.3, -0.25) is 0 Å². The molecule has 1 aromatic rings. The van der Waals surface area contributed by atoms with E-state index in [0.717, 1.165) is 16.8 Å². The van der Waals surface area contributed by atoms with E-state index in [1.807, 2.05) is 19.9 Å². The van der Waals surface area contributed by atoms with E-state index >= 15 is 0 Å². The third-order valence-electron chi connectivity index (χ3n) is 1.50. The van der Waals surface area contributed by atoms with Crippen LogP contribution in [0.4, 0.5) is 0 Å². The monoisotopic (exact) mass is 161 g/mol. The van der Waals surface area contributed by atoms with Crippen molar-refractivity contribution in [3.05, 3.63) is 29.1 Å². The van der Waals surface area contributed by atoms with Gasteiger partial charge in [-0.15, -0.1) is 0 Å². The van der Waals surface area contributed by atoms with Crippen molar-refractivity contribution < 1.29 is 5.11 Å². The highest BCUT2D eigenvalue weighted by molar-refractivity contribution is 5.36. The first-order valence-electron chi connectivity index (χ1n) is 3.77. The van der Waals surface area contributed by atoms with E-state index < -0.39 is 0 Å². The molecule has 1 heterocycles. The summed E-state index contributed by atoms with van der Waals surface area (Å²) in [7, 11) is 0. The summed E-state index contributed by atoms with van der Waals surface area (Å²) in [6.07, 6.45) is 1.77. The Hall–Kier alpha value is -1.33. The van der Waals surface area contributed by atoms with Gasteiger partial charge in [0, 0.05) is 6.20 Å². The maximum atomic E-state index is 8.47. The molecule has 2 heteroatoms. The zero-order valence-corrected chi connectivity index (χ0v) is 7.26. The van der Waals surface area contributed by atoms with Gasteiger partial charge in [-0.05, 0) is 30.9 Å². The molecule has 0 fully saturated rings. The second-order valence-corrected chi connectivity index (χ2v) is 2.64. The van der Waals surface area contributed by atoms with Crippen LogP contribution in [0, 0.1) is 25.7 Å². The Balaban J connectivity index is 3.01. The normalized spacial score (nSPS) is 8.92. The maximum Gasteiger partial charge on any atom is 0.116 e. The van der Waals surface area contributed by atoms with Gasteiger partial charge in [0.25, 0.3) is 0 Å². The molecule has 1 rings (SSSR count). The number of aromatic nitrogens is 1. The first kappa shape index (κ1) is 8.76. The molecular formula is C10H11NO. The first-order valence-corrected chi connectivity index (χ1v) is 3.77. The highest BCUT2D eigenvalue weighted by Crippen LogP contribution is 2.04. The van der Waals surface area contributed by atoms with Crippen molar-refractivity contribution in [2.24, 2.45) is 0 Å². The van der Waals surface area contributed by atoms with Crippen LogP contribution < -0.4 is 0 Å². The Morgan fingerprint density at radius 3 is 2.83 bits per heavy atom. The SMILES string of the molecule is Cc1cnc(C#CCO)c(C)c1. The average molecular weight is 161 g/mol. The molecule has 0 atom stereocenters. The molecule has 0 unspecified atom stereocenters. The molecule has 0 aliphatic carbocycles. The molecule has 0 aromatic carbocycles. The van der Waals surface area contributed by atoms with Gasteiger partial charge in [-0.1, -0.05) is 12.0 Å². The number of hydrogen-bond acceptors (Lipinski definition) is 2. The van der Waals surface area contributed by atoms with Crippen molar-refractivity contribution in [2.75, 3.05) is 6.61 Å². The molecule has 0 aliphatic heterocycles. The Labute approximate surface area is 72.3 Å². The topological polar surface area (TPSA) is 33.1 Å². The molecule has 0 radical (unpaired) electrons. The fraction of sp³-hybridized carbons (Fsp3) is 0.300. The summed E-state index contributed by atoms with van der Waals surface area (Å²) in [5.41, 5.74) is 2.92. The number of hydrogen-bond donors (Lipinski definition) is 1. The molecule has 0 saturated carbocycles. The number of nitrogens with zero attached hydrogens (tertiary/aromatic N) is 1. The van der Waals surface area contributed by atoms with Crippen LogP contribution in [0.25, 0.3) is 0 Å². The molecule has 0 amide bonds. The zero-order chi connectivity index (χ0) is 8.97. The van der Waals surface area contributed by atoms with Crippen LogP contribution >= 0.6 is 0 Å². The van der Waals surface area contributed by atoms with Gasteiger partial charge < -0.3 is 5.11 Å². The fourth-order valence-corrected chi connectivity index (χ4v) is 0.969. The fourth-order valence-electron chi connectivity index (χ4n) is 0.969. The minimum atomic E-state index is -0.116. The second-order valence-electron chi connectivity index (χ2n) is 2.64. The molecule has 0 saturated heterocycles. The van der Waals surface area contributed by atoms with Gasteiger partial charge in [-0.2, -0.15) is 0 Å². The van der Waals surface area contributed by atoms with E-state index in [0.29, 0.717) is 0 Å². The Kier molecular flexibility index (Phi) is 2.84. The highest BCUT2D eigenvalue weighted by atomic mass is 16.2. The van der Waals surface area contributed by atoms with E-state index in [1.54, 1.807) is 6.20 Å². The van der Waals surface area contributed by atoms with E-state index in [9.17, 15) is 0 Å². The zero-order valence-electron chi connectivity index (χ0n) is 7.26. The molecule has 62 valence electrons. The highest BCUT2D eigenvalue weighted by Gasteiger charge is 1.94. The van der Waals surface area contributed by atoms with E-state index in [4.69, 9.17) is 5.11 Å². The van der Waals surface area contributed by atoms with Crippen molar-refractivity contribution in [3.63, 3.8) is 0 Å². The summed E-state index contributed by atoms with van der Waals surface area (Å²) < 4.78 is 0. The Morgan fingerprint density at radius 1 is 1.50 bits per heavy atom. The van der Waals surface area contributed by atoms with Crippen molar-refractivity contribution >= 4 is 0 Å². The minimum Gasteiger partial charge on any atom is -0.384 e. The standard InChI is InChI=1S/C10H11NO/c1-8-6-9(2)10(11-7-8)4-3-5-12/h6-7,12H,5H2,1-2H3. The van der Waals surface area contributed by atoms with Gasteiger partial charge >= 0.3 is 0 Å². The summed E-state index contributed by atoms with van der Waals surface area (Å²) in [5.74, 6) is 5.35. The third kappa shape index (κ3) is 2.08. The summed E-state index contributed by atoms with van der Waals surface area (Å²) in [5, 5.41) is 8.47. The molecule has 12 heavy (non-hydrogen) atoms. The van der Waals surface area contributed by atoms with E-state index in [1.165, 1.54) is 0 Å². The average Bonchev–Trinajstić information content (AvgIpc) is 2.03. The van der Waals surface area contributed by atoms with Crippen LogP contribution in [-0.4, -0.2) is 16.7 Å². The van der Waals surface area contributed by atoms with Crippen molar-refractivity contribution in [2.45, 2.75) is 13.8 Å². The third-order valence-corrected chi connectivity index (χ3v) is 1.50. The summed E-state index contributed by atoms with van der Waals surface area (Å²) in [6.45, 7) is 3.83. The lowest BCUT2D eigenvalue weighted by Gasteiger charge is -1.97. The molecule has 0 spiro atoms. The lowest BCUT2D eigenvalue weighted by Crippen LogP contribution is -1.89. The smallest absolute Gasteiger partial charge is 0.116 e. The van der Waals surface area contributed by atoms with Gasteiger partial charge in [0.05, 0.1) is 0 Å². The number of rotatable bonds is 0. The van der Waals surface area contributed by atoms with Gasteiger partial charge in [-0.25, -0.2) is 4.98 Å². The molecule has 0 bridgehead atoms. The summed E-state index contributed by atoms with van der Waals surface area (Å²) >= 11 is 0. The summed E-state index contributed by atoms with van der Waals surface area (Å²) in [4.78, 5) is 4.13. The van der Waals surface area contributed by atoms with Crippen LogP contribution in [0.15, 0.2) is 12.3 Å². The predicted molar refractivity (Wildman–Crippen MR) is 47.7 cm³/mol. The number of pyridine rings is 1. The predicted octanol–water partition coefficient (Wildman–Crippen LogP) is 1.04. The van der Waals surface area contributed by atoms with Crippen molar-refractivity contribution in [1.29, 1.82) is 0 Å². The van der Waals surface area contributed by atoms with Crippen LogP contribution in [0.2, 0.25) is 0 Å². The van der Waals surface area contributed by atoms with Gasteiger partial charge in [0.1, 0.15) is 12.3 Å². The van der Waals surface area contributed by atoms with Crippen molar-refractivity contribution in [3.8, 4) is 11.8 Å². The van der Waals surface area contributed by atoms with E-state index in [2.05, 4.69) is 16.8 Å². The van der Waals surface area contributed by atoms with Gasteiger partial charge in [0.2, 0.25) is 0 Å². The van der Waals surface area contributed by atoms with Crippen LogP contribution in [0.3, 0.4) is 0 Å². The number of aliphatic hydroxyl groups is 1. The van der Waals surface area contributed by atoms with Crippen LogP contribution in [-0.2, 0) is 0 Å².